The molecule has 126 valence electrons. The first-order chi connectivity index (χ1) is 11.3. The van der Waals surface area contributed by atoms with Crippen molar-refractivity contribution in [3.05, 3.63) is 59.9 Å². The van der Waals surface area contributed by atoms with E-state index in [1.165, 1.54) is 24.3 Å². The maximum Gasteiger partial charge on any atom is 0.191 e. The lowest BCUT2D eigenvalue weighted by atomic mass is 10.1. The van der Waals surface area contributed by atoms with Gasteiger partial charge in [-0.3, -0.25) is 5.43 Å². The average Bonchev–Trinajstić information content (AvgIpc) is 2.54. The minimum Gasteiger partial charge on any atom is -0.331 e. The number of hydrogen-bond donors (Lipinski definition) is 2. The summed E-state index contributed by atoms with van der Waals surface area (Å²) < 4.78 is 35.7. The standard InChI is InChI=1S/C16H16FN3O2S2/c1-11(12-3-9-15(10-4-12)24(2,21)22)19-20-16(23)18-14-7-5-13(17)6-8-14/h3-10H,1-2H3,(H2,18,20,23)/b19-11-. The van der Waals surface area contributed by atoms with E-state index in [0.717, 1.165) is 11.8 Å². The Morgan fingerprint density at radius 3 is 2.21 bits per heavy atom. The minimum atomic E-state index is -3.22. The lowest BCUT2D eigenvalue weighted by Crippen LogP contribution is -2.24. The number of nitrogens with zero attached hydrogens (tertiary/aromatic N) is 1. The predicted molar refractivity (Wildman–Crippen MR) is 97.5 cm³/mol. The molecule has 2 rings (SSSR count). The first kappa shape index (κ1) is 18.0. The summed E-state index contributed by atoms with van der Waals surface area (Å²) >= 11 is 5.10. The molecule has 0 radical (unpaired) electrons. The van der Waals surface area contributed by atoms with Crippen LogP contribution in [0.15, 0.2) is 58.5 Å². The summed E-state index contributed by atoms with van der Waals surface area (Å²) in [5.41, 5.74) is 4.72. The minimum absolute atomic E-state index is 0.250. The van der Waals surface area contributed by atoms with E-state index in [-0.39, 0.29) is 15.8 Å². The van der Waals surface area contributed by atoms with Gasteiger partial charge in [0.15, 0.2) is 14.9 Å². The van der Waals surface area contributed by atoms with Crippen molar-refractivity contribution in [2.45, 2.75) is 11.8 Å². The van der Waals surface area contributed by atoms with E-state index in [9.17, 15) is 12.8 Å². The van der Waals surface area contributed by atoms with Crippen LogP contribution in [0.1, 0.15) is 12.5 Å². The molecule has 0 aromatic heterocycles. The summed E-state index contributed by atoms with van der Waals surface area (Å²) in [6.45, 7) is 1.77. The molecule has 0 aliphatic heterocycles. The average molecular weight is 365 g/mol. The SMILES string of the molecule is C/C(=N/NC(=S)Nc1ccc(F)cc1)c1ccc(S(C)(=O)=O)cc1. The summed E-state index contributed by atoms with van der Waals surface area (Å²) in [5.74, 6) is -0.328. The highest BCUT2D eigenvalue weighted by atomic mass is 32.2. The van der Waals surface area contributed by atoms with Gasteiger partial charge >= 0.3 is 0 Å². The number of rotatable bonds is 4. The van der Waals surface area contributed by atoms with E-state index in [1.54, 1.807) is 31.2 Å². The van der Waals surface area contributed by atoms with E-state index in [2.05, 4.69) is 15.8 Å². The number of thiocarbonyl (C=S) groups is 1. The molecule has 2 aromatic rings. The third-order valence-corrected chi connectivity index (χ3v) is 4.45. The Balaban J connectivity index is 2.00. The van der Waals surface area contributed by atoms with Crippen molar-refractivity contribution in [1.82, 2.24) is 5.43 Å². The van der Waals surface area contributed by atoms with Gasteiger partial charge in [-0.25, -0.2) is 12.8 Å². The molecule has 0 unspecified atom stereocenters. The Morgan fingerprint density at radius 2 is 1.67 bits per heavy atom. The number of anilines is 1. The number of hydrazone groups is 1. The molecule has 8 heteroatoms. The lowest BCUT2D eigenvalue weighted by molar-refractivity contribution is 0.602. The van der Waals surface area contributed by atoms with Gasteiger partial charge < -0.3 is 5.32 Å². The first-order valence-electron chi connectivity index (χ1n) is 6.93. The van der Waals surface area contributed by atoms with Gasteiger partial charge in [0.05, 0.1) is 10.6 Å². The fraction of sp³-hybridized carbons (Fsp3) is 0.125. The molecule has 0 heterocycles. The molecule has 0 saturated carbocycles. The molecule has 24 heavy (non-hydrogen) atoms. The fourth-order valence-electron chi connectivity index (χ4n) is 1.83. The summed E-state index contributed by atoms with van der Waals surface area (Å²) in [5, 5.41) is 7.27. The van der Waals surface area contributed by atoms with Crippen molar-refractivity contribution in [2.75, 3.05) is 11.6 Å². The van der Waals surface area contributed by atoms with Gasteiger partial charge in [-0.2, -0.15) is 5.10 Å². The zero-order valence-electron chi connectivity index (χ0n) is 13.1. The van der Waals surface area contributed by atoms with Crippen LogP contribution in [0, 0.1) is 5.82 Å². The van der Waals surface area contributed by atoms with E-state index in [1.807, 2.05) is 0 Å². The van der Waals surface area contributed by atoms with Crippen LogP contribution >= 0.6 is 12.2 Å². The molecule has 2 N–H and O–H groups in total. The molecule has 5 nitrogen and oxygen atoms in total. The van der Waals surface area contributed by atoms with Crippen LogP contribution in [-0.2, 0) is 9.84 Å². The molecule has 0 atom stereocenters. The second kappa shape index (κ2) is 7.50. The molecule has 0 spiro atoms. The van der Waals surface area contributed by atoms with Crippen molar-refractivity contribution in [3.63, 3.8) is 0 Å². The topological polar surface area (TPSA) is 70.6 Å². The van der Waals surface area contributed by atoms with Crippen LogP contribution < -0.4 is 10.7 Å². The molecule has 2 aromatic carbocycles. The maximum absolute atomic E-state index is 12.8. The number of hydrogen-bond acceptors (Lipinski definition) is 4. The fourth-order valence-corrected chi connectivity index (χ4v) is 2.63. The Bertz CT molecular complexity index is 861. The van der Waals surface area contributed by atoms with Crippen LogP contribution in [-0.4, -0.2) is 25.5 Å². The zero-order valence-corrected chi connectivity index (χ0v) is 14.7. The van der Waals surface area contributed by atoms with Gasteiger partial charge in [-0.05, 0) is 61.1 Å². The van der Waals surface area contributed by atoms with Crippen molar-refractivity contribution >= 4 is 38.6 Å². The van der Waals surface area contributed by atoms with Crippen LogP contribution in [0.25, 0.3) is 0 Å². The monoisotopic (exact) mass is 365 g/mol. The molecule has 0 aliphatic rings. The smallest absolute Gasteiger partial charge is 0.191 e. The number of nitrogens with one attached hydrogen (secondary N) is 2. The Kier molecular flexibility index (Phi) is 5.63. The molecule has 0 amide bonds. The van der Waals surface area contributed by atoms with Crippen LogP contribution in [0.2, 0.25) is 0 Å². The van der Waals surface area contributed by atoms with Gasteiger partial charge in [0, 0.05) is 11.9 Å². The van der Waals surface area contributed by atoms with Crippen LogP contribution in [0.5, 0.6) is 0 Å². The molecule has 0 saturated heterocycles. The third-order valence-electron chi connectivity index (χ3n) is 3.13. The second-order valence-corrected chi connectivity index (χ2v) is 7.49. The van der Waals surface area contributed by atoms with Gasteiger partial charge in [-0.1, -0.05) is 12.1 Å². The molecule has 0 fully saturated rings. The predicted octanol–water partition coefficient (Wildman–Crippen LogP) is 2.94. The van der Waals surface area contributed by atoms with Crippen molar-refractivity contribution in [3.8, 4) is 0 Å². The molecular formula is C16H16FN3O2S2. The van der Waals surface area contributed by atoms with Gasteiger partial charge in [-0.15, -0.1) is 0 Å². The third kappa shape index (κ3) is 5.10. The summed E-state index contributed by atoms with van der Waals surface area (Å²) in [7, 11) is -3.22. The van der Waals surface area contributed by atoms with Gasteiger partial charge in [0.1, 0.15) is 5.82 Å². The van der Waals surface area contributed by atoms with Crippen LogP contribution in [0.4, 0.5) is 10.1 Å². The summed E-state index contributed by atoms with van der Waals surface area (Å²) in [6, 6.07) is 12.2. The van der Waals surface area contributed by atoms with Crippen LogP contribution in [0.3, 0.4) is 0 Å². The largest absolute Gasteiger partial charge is 0.331 e. The summed E-state index contributed by atoms with van der Waals surface area (Å²) in [6.07, 6.45) is 1.16. The van der Waals surface area contributed by atoms with E-state index in [0.29, 0.717) is 11.4 Å². The van der Waals surface area contributed by atoms with Crippen molar-refractivity contribution in [2.24, 2.45) is 5.10 Å². The lowest BCUT2D eigenvalue weighted by Gasteiger charge is -2.08. The summed E-state index contributed by atoms with van der Waals surface area (Å²) in [4.78, 5) is 0.250. The van der Waals surface area contributed by atoms with E-state index >= 15 is 0 Å². The van der Waals surface area contributed by atoms with E-state index in [4.69, 9.17) is 12.2 Å². The van der Waals surface area contributed by atoms with Crippen molar-refractivity contribution < 1.29 is 12.8 Å². The van der Waals surface area contributed by atoms with Gasteiger partial charge in [0.25, 0.3) is 0 Å². The highest BCUT2D eigenvalue weighted by molar-refractivity contribution is 7.90. The normalized spacial score (nSPS) is 11.9. The molecule has 0 aliphatic carbocycles. The van der Waals surface area contributed by atoms with Crippen molar-refractivity contribution in [1.29, 1.82) is 0 Å². The molecular weight excluding hydrogens is 349 g/mol. The molecule has 0 bridgehead atoms. The quantitative estimate of drug-likeness (QED) is 0.495. The highest BCUT2D eigenvalue weighted by Gasteiger charge is 2.07. The number of benzene rings is 2. The number of sulfone groups is 1. The second-order valence-electron chi connectivity index (χ2n) is 5.07. The zero-order chi connectivity index (χ0) is 17.7. The number of halogens is 1. The Hall–Kier alpha value is -2.32. The maximum atomic E-state index is 12.8. The first-order valence-corrected chi connectivity index (χ1v) is 9.23. The van der Waals surface area contributed by atoms with E-state index < -0.39 is 9.84 Å². The van der Waals surface area contributed by atoms with Gasteiger partial charge in [0.2, 0.25) is 0 Å². The highest BCUT2D eigenvalue weighted by Crippen LogP contribution is 2.11. The Labute approximate surface area is 145 Å². The Morgan fingerprint density at radius 1 is 1.08 bits per heavy atom.